The average molecular weight is 340 g/mol. The molecule has 1 aromatic carbocycles. The SMILES string of the molecule is COC(=O)C1CCN(Cc2cc(C)c(Br)c(C)c2)CC1. The van der Waals surface area contributed by atoms with Crippen molar-refractivity contribution in [2.75, 3.05) is 20.2 Å². The van der Waals surface area contributed by atoms with Gasteiger partial charge in [-0.25, -0.2) is 0 Å². The molecule has 1 aliphatic rings. The summed E-state index contributed by atoms with van der Waals surface area (Å²) in [4.78, 5) is 13.9. The highest BCUT2D eigenvalue weighted by Crippen LogP contribution is 2.25. The Balaban J connectivity index is 1.94. The van der Waals surface area contributed by atoms with E-state index >= 15 is 0 Å². The van der Waals surface area contributed by atoms with E-state index < -0.39 is 0 Å². The fraction of sp³-hybridized carbons (Fsp3) is 0.562. The minimum absolute atomic E-state index is 0.0556. The van der Waals surface area contributed by atoms with E-state index in [0.29, 0.717) is 0 Å². The summed E-state index contributed by atoms with van der Waals surface area (Å²) >= 11 is 3.61. The van der Waals surface area contributed by atoms with Gasteiger partial charge in [0.25, 0.3) is 0 Å². The minimum atomic E-state index is -0.0556. The molecule has 0 aliphatic carbocycles. The fourth-order valence-electron chi connectivity index (χ4n) is 2.88. The maximum Gasteiger partial charge on any atom is 0.308 e. The van der Waals surface area contributed by atoms with Crippen molar-refractivity contribution < 1.29 is 9.53 Å². The quantitative estimate of drug-likeness (QED) is 0.790. The van der Waals surface area contributed by atoms with Crippen molar-refractivity contribution in [3.05, 3.63) is 33.3 Å². The Labute approximate surface area is 129 Å². The van der Waals surface area contributed by atoms with Gasteiger partial charge in [-0.1, -0.05) is 28.1 Å². The number of esters is 1. The number of piperidine rings is 1. The van der Waals surface area contributed by atoms with Gasteiger partial charge in [-0.15, -0.1) is 0 Å². The van der Waals surface area contributed by atoms with E-state index in [1.54, 1.807) is 0 Å². The molecule has 0 amide bonds. The van der Waals surface area contributed by atoms with Gasteiger partial charge in [-0.2, -0.15) is 0 Å². The summed E-state index contributed by atoms with van der Waals surface area (Å²) in [6.07, 6.45) is 1.81. The number of carbonyl (C=O) groups excluding carboxylic acids is 1. The van der Waals surface area contributed by atoms with Crippen LogP contribution in [-0.2, 0) is 16.1 Å². The molecule has 0 radical (unpaired) electrons. The molecule has 4 heteroatoms. The van der Waals surface area contributed by atoms with Gasteiger partial charge >= 0.3 is 5.97 Å². The Morgan fingerprint density at radius 2 is 1.85 bits per heavy atom. The lowest BCUT2D eigenvalue weighted by atomic mass is 9.96. The van der Waals surface area contributed by atoms with Crippen molar-refractivity contribution >= 4 is 21.9 Å². The fourth-order valence-corrected chi connectivity index (χ4v) is 3.11. The maximum atomic E-state index is 11.5. The molecule has 0 unspecified atom stereocenters. The van der Waals surface area contributed by atoms with Gasteiger partial charge in [0.15, 0.2) is 0 Å². The molecule has 1 saturated heterocycles. The standard InChI is InChI=1S/C16H22BrNO2/c1-11-8-13(9-12(2)15(11)17)10-18-6-4-14(5-7-18)16(19)20-3/h8-9,14H,4-7,10H2,1-3H3. The highest BCUT2D eigenvalue weighted by Gasteiger charge is 2.25. The summed E-state index contributed by atoms with van der Waals surface area (Å²) in [5.74, 6) is 0.0321. The number of hydrogen-bond acceptors (Lipinski definition) is 3. The van der Waals surface area contributed by atoms with Gasteiger partial charge < -0.3 is 4.74 Å². The van der Waals surface area contributed by atoms with Crippen LogP contribution in [0.5, 0.6) is 0 Å². The monoisotopic (exact) mass is 339 g/mol. The van der Waals surface area contributed by atoms with Crippen LogP contribution in [0.2, 0.25) is 0 Å². The average Bonchev–Trinajstić information content (AvgIpc) is 2.44. The zero-order chi connectivity index (χ0) is 14.7. The predicted molar refractivity (Wildman–Crippen MR) is 83.6 cm³/mol. The van der Waals surface area contributed by atoms with Gasteiger partial charge in [-0.05, 0) is 56.5 Å². The number of nitrogens with zero attached hydrogens (tertiary/aromatic N) is 1. The number of methoxy groups -OCH3 is 1. The highest BCUT2D eigenvalue weighted by molar-refractivity contribution is 9.10. The number of rotatable bonds is 3. The second-order valence-electron chi connectivity index (χ2n) is 5.62. The molecular weight excluding hydrogens is 318 g/mol. The lowest BCUT2D eigenvalue weighted by Crippen LogP contribution is -2.36. The van der Waals surface area contributed by atoms with E-state index in [2.05, 4.69) is 46.8 Å². The van der Waals surface area contributed by atoms with Crippen molar-refractivity contribution in [1.29, 1.82) is 0 Å². The zero-order valence-corrected chi connectivity index (χ0v) is 14.0. The summed E-state index contributed by atoms with van der Waals surface area (Å²) < 4.78 is 6.02. The number of carbonyl (C=O) groups is 1. The molecule has 0 saturated carbocycles. The summed E-state index contributed by atoms with van der Waals surface area (Å²) in [7, 11) is 1.47. The molecule has 20 heavy (non-hydrogen) atoms. The van der Waals surface area contributed by atoms with Crippen LogP contribution in [0.1, 0.15) is 29.5 Å². The molecule has 0 N–H and O–H groups in total. The third kappa shape index (κ3) is 3.61. The minimum Gasteiger partial charge on any atom is -0.469 e. The second kappa shape index (κ2) is 6.72. The molecule has 1 fully saturated rings. The lowest BCUT2D eigenvalue weighted by molar-refractivity contribution is -0.147. The first-order valence-electron chi connectivity index (χ1n) is 7.07. The van der Waals surface area contributed by atoms with Gasteiger partial charge in [0.05, 0.1) is 13.0 Å². The molecular formula is C16H22BrNO2. The second-order valence-corrected chi connectivity index (χ2v) is 6.41. The lowest BCUT2D eigenvalue weighted by Gasteiger charge is -2.30. The number of halogens is 1. The topological polar surface area (TPSA) is 29.5 Å². The number of ether oxygens (including phenoxy) is 1. The van der Waals surface area contributed by atoms with Crippen molar-refractivity contribution in [2.45, 2.75) is 33.2 Å². The Morgan fingerprint density at radius 3 is 2.35 bits per heavy atom. The third-order valence-electron chi connectivity index (χ3n) is 4.02. The van der Waals surface area contributed by atoms with Crippen LogP contribution in [0, 0.1) is 19.8 Å². The highest BCUT2D eigenvalue weighted by atomic mass is 79.9. The first-order valence-corrected chi connectivity index (χ1v) is 7.86. The van der Waals surface area contributed by atoms with Crippen LogP contribution >= 0.6 is 15.9 Å². The van der Waals surface area contributed by atoms with Crippen LogP contribution < -0.4 is 0 Å². The number of aryl methyl sites for hydroxylation is 2. The first-order chi connectivity index (χ1) is 9.51. The van der Waals surface area contributed by atoms with Gasteiger partial charge in [0, 0.05) is 11.0 Å². The first kappa shape index (κ1) is 15.5. The van der Waals surface area contributed by atoms with E-state index in [4.69, 9.17) is 4.74 Å². The molecule has 1 aliphatic heterocycles. The molecule has 3 nitrogen and oxygen atoms in total. The van der Waals surface area contributed by atoms with Crippen LogP contribution in [0.4, 0.5) is 0 Å². The molecule has 0 bridgehead atoms. The van der Waals surface area contributed by atoms with E-state index in [-0.39, 0.29) is 11.9 Å². The van der Waals surface area contributed by atoms with Gasteiger partial charge in [-0.3, -0.25) is 9.69 Å². The summed E-state index contributed by atoms with van der Waals surface area (Å²) in [6, 6.07) is 4.48. The van der Waals surface area contributed by atoms with Gasteiger partial charge in [0.1, 0.15) is 0 Å². The number of hydrogen-bond donors (Lipinski definition) is 0. The maximum absolute atomic E-state index is 11.5. The molecule has 0 aromatic heterocycles. The Bertz CT molecular complexity index is 470. The van der Waals surface area contributed by atoms with E-state index in [1.165, 1.54) is 28.3 Å². The Kier molecular flexibility index (Phi) is 5.22. The number of benzene rings is 1. The van der Waals surface area contributed by atoms with E-state index in [1.807, 2.05) is 0 Å². The van der Waals surface area contributed by atoms with Crippen molar-refractivity contribution in [3.63, 3.8) is 0 Å². The summed E-state index contributed by atoms with van der Waals surface area (Å²) in [5, 5.41) is 0. The number of likely N-dealkylation sites (tertiary alicyclic amines) is 1. The summed E-state index contributed by atoms with van der Waals surface area (Å²) in [6.45, 7) is 7.15. The van der Waals surface area contributed by atoms with E-state index in [9.17, 15) is 4.79 Å². The zero-order valence-electron chi connectivity index (χ0n) is 12.4. The molecule has 1 heterocycles. The van der Waals surface area contributed by atoms with Crippen LogP contribution in [0.15, 0.2) is 16.6 Å². The normalized spacial score (nSPS) is 17.2. The van der Waals surface area contributed by atoms with Gasteiger partial charge in [0.2, 0.25) is 0 Å². The molecule has 110 valence electrons. The van der Waals surface area contributed by atoms with E-state index in [0.717, 1.165) is 32.5 Å². The van der Waals surface area contributed by atoms with Crippen molar-refractivity contribution in [1.82, 2.24) is 4.90 Å². The van der Waals surface area contributed by atoms with Crippen molar-refractivity contribution in [3.8, 4) is 0 Å². The molecule has 1 aromatic rings. The predicted octanol–water partition coefficient (Wildman–Crippen LogP) is 3.45. The third-order valence-corrected chi connectivity index (χ3v) is 5.28. The van der Waals surface area contributed by atoms with Crippen LogP contribution in [0.3, 0.4) is 0 Å². The largest absolute Gasteiger partial charge is 0.469 e. The Morgan fingerprint density at radius 1 is 1.30 bits per heavy atom. The Hall–Kier alpha value is -0.870. The molecule has 0 atom stereocenters. The smallest absolute Gasteiger partial charge is 0.308 e. The summed E-state index contributed by atoms with van der Waals surface area (Å²) in [5.41, 5.74) is 3.91. The molecule has 0 spiro atoms. The molecule has 2 rings (SSSR count). The van der Waals surface area contributed by atoms with Crippen LogP contribution in [0.25, 0.3) is 0 Å². The van der Waals surface area contributed by atoms with Crippen molar-refractivity contribution in [2.24, 2.45) is 5.92 Å². The van der Waals surface area contributed by atoms with Crippen LogP contribution in [-0.4, -0.2) is 31.1 Å².